The van der Waals surface area contributed by atoms with Crippen LogP contribution in [0.25, 0.3) is 10.9 Å². The number of aromatic nitrogens is 1. The van der Waals surface area contributed by atoms with Gasteiger partial charge in [-0.05, 0) is 43.2 Å². The number of hydrogen-bond acceptors (Lipinski definition) is 6. The van der Waals surface area contributed by atoms with Crippen LogP contribution in [0.15, 0.2) is 48.5 Å². The van der Waals surface area contributed by atoms with E-state index in [1.807, 2.05) is 24.3 Å². The Balaban J connectivity index is 1.57. The lowest BCUT2D eigenvalue weighted by atomic mass is 10.1. The molecule has 0 atom stereocenters. The number of pyridine rings is 1. The lowest BCUT2D eigenvalue weighted by molar-refractivity contribution is 0.0475. The third kappa shape index (κ3) is 3.92. The number of benzene rings is 2. The molecule has 0 spiro atoms. The van der Waals surface area contributed by atoms with Crippen molar-refractivity contribution in [3.8, 4) is 11.5 Å². The van der Waals surface area contributed by atoms with Crippen LogP contribution in [0, 0.1) is 0 Å². The van der Waals surface area contributed by atoms with E-state index < -0.39 is 12.6 Å². The highest BCUT2D eigenvalue weighted by molar-refractivity contribution is 6.06. The van der Waals surface area contributed by atoms with E-state index in [-0.39, 0.29) is 5.78 Å². The number of carbonyl (C=O) groups excluding carboxylic acids is 2. The molecule has 0 amide bonds. The zero-order valence-corrected chi connectivity index (χ0v) is 16.3. The Morgan fingerprint density at radius 1 is 1.00 bits per heavy atom. The first-order valence-electron chi connectivity index (χ1n) is 9.42. The van der Waals surface area contributed by atoms with Crippen LogP contribution in [0.4, 0.5) is 0 Å². The van der Waals surface area contributed by atoms with Gasteiger partial charge in [0.05, 0.1) is 30.9 Å². The molecule has 0 saturated heterocycles. The van der Waals surface area contributed by atoms with Crippen LogP contribution in [0.5, 0.6) is 11.5 Å². The highest BCUT2D eigenvalue weighted by Crippen LogP contribution is 2.40. The molecule has 1 aromatic heterocycles. The second-order valence-electron chi connectivity index (χ2n) is 6.95. The molecule has 1 fully saturated rings. The highest BCUT2D eigenvalue weighted by Gasteiger charge is 2.27. The maximum absolute atomic E-state index is 12.8. The van der Waals surface area contributed by atoms with Gasteiger partial charge >= 0.3 is 5.97 Å². The summed E-state index contributed by atoms with van der Waals surface area (Å²) in [7, 11) is 3.00. The molecule has 6 heteroatoms. The van der Waals surface area contributed by atoms with Crippen LogP contribution < -0.4 is 9.47 Å². The summed E-state index contributed by atoms with van der Waals surface area (Å²) in [4.78, 5) is 30.1. The third-order valence-corrected chi connectivity index (χ3v) is 4.99. The van der Waals surface area contributed by atoms with Crippen molar-refractivity contribution in [1.29, 1.82) is 0 Å². The molecule has 1 saturated carbocycles. The topological polar surface area (TPSA) is 74.7 Å². The molecule has 29 heavy (non-hydrogen) atoms. The van der Waals surface area contributed by atoms with Gasteiger partial charge in [0.15, 0.2) is 6.61 Å². The Labute approximate surface area is 168 Å². The third-order valence-electron chi connectivity index (χ3n) is 4.99. The molecule has 1 aliphatic rings. The van der Waals surface area contributed by atoms with Crippen LogP contribution in [-0.4, -0.2) is 37.6 Å². The van der Waals surface area contributed by atoms with Gasteiger partial charge in [-0.2, -0.15) is 0 Å². The molecule has 0 N–H and O–H groups in total. The second-order valence-corrected chi connectivity index (χ2v) is 6.95. The summed E-state index contributed by atoms with van der Waals surface area (Å²) in [6.07, 6.45) is 2.15. The van der Waals surface area contributed by atoms with E-state index in [9.17, 15) is 9.59 Å². The summed E-state index contributed by atoms with van der Waals surface area (Å²) in [5.74, 6) is 0.413. The smallest absolute Gasteiger partial charge is 0.339 e. The van der Waals surface area contributed by atoms with E-state index in [4.69, 9.17) is 14.2 Å². The predicted molar refractivity (Wildman–Crippen MR) is 108 cm³/mol. The lowest BCUT2D eigenvalue weighted by Gasteiger charge is -2.11. The number of Topliss-reactive ketones (excluding diaryl/α,β-unsaturated/α-hetero) is 1. The van der Waals surface area contributed by atoms with Crippen molar-refractivity contribution < 1.29 is 23.8 Å². The average Bonchev–Trinajstić information content (AvgIpc) is 3.61. The van der Waals surface area contributed by atoms with Gasteiger partial charge in [-0.3, -0.25) is 9.78 Å². The first-order valence-corrected chi connectivity index (χ1v) is 9.42. The monoisotopic (exact) mass is 391 g/mol. The molecule has 148 valence electrons. The van der Waals surface area contributed by atoms with Crippen molar-refractivity contribution >= 4 is 22.7 Å². The summed E-state index contributed by atoms with van der Waals surface area (Å²) in [5.41, 5.74) is 2.39. The number of para-hydroxylation sites is 1. The molecule has 1 aliphatic carbocycles. The Bertz CT molecular complexity index is 1090. The standard InChI is InChI=1S/C23H21NO5/c1-27-15-9-10-22(28-2)18(11-15)21(25)13-29-23(26)17-12-20(14-7-8-14)24-19-6-4-3-5-16(17)19/h3-6,9-12,14H,7-8,13H2,1-2H3. The van der Waals surface area contributed by atoms with Crippen molar-refractivity contribution in [2.24, 2.45) is 0 Å². The van der Waals surface area contributed by atoms with Gasteiger partial charge in [0.25, 0.3) is 0 Å². The molecular weight excluding hydrogens is 370 g/mol. The zero-order chi connectivity index (χ0) is 20.4. The fourth-order valence-electron chi connectivity index (χ4n) is 3.27. The van der Waals surface area contributed by atoms with Gasteiger partial charge < -0.3 is 14.2 Å². The molecule has 3 aromatic rings. The van der Waals surface area contributed by atoms with Gasteiger partial charge in [0.2, 0.25) is 5.78 Å². The molecule has 0 radical (unpaired) electrons. The molecule has 4 rings (SSSR count). The van der Waals surface area contributed by atoms with Gasteiger partial charge in [0.1, 0.15) is 11.5 Å². The normalized spacial score (nSPS) is 13.2. The molecule has 0 aliphatic heterocycles. The van der Waals surface area contributed by atoms with Gasteiger partial charge in [0, 0.05) is 17.0 Å². The minimum atomic E-state index is -0.541. The minimum absolute atomic E-state index is 0.304. The fourth-order valence-corrected chi connectivity index (χ4v) is 3.27. The molecule has 0 unspecified atom stereocenters. The van der Waals surface area contributed by atoms with Crippen LogP contribution in [-0.2, 0) is 4.74 Å². The quantitative estimate of drug-likeness (QED) is 0.445. The van der Waals surface area contributed by atoms with E-state index in [1.54, 1.807) is 24.3 Å². The maximum atomic E-state index is 12.8. The number of hydrogen-bond donors (Lipinski definition) is 0. The number of rotatable bonds is 7. The molecular formula is C23H21NO5. The number of carbonyl (C=O) groups is 2. The summed E-state index contributed by atoms with van der Waals surface area (Å²) in [5, 5.41) is 0.716. The second kappa shape index (κ2) is 7.91. The van der Waals surface area contributed by atoms with Gasteiger partial charge in [-0.1, -0.05) is 18.2 Å². The van der Waals surface area contributed by atoms with Crippen LogP contribution in [0.1, 0.15) is 45.2 Å². The summed E-state index contributed by atoms with van der Waals surface area (Å²) >= 11 is 0. The molecule has 6 nitrogen and oxygen atoms in total. The Morgan fingerprint density at radius 3 is 2.52 bits per heavy atom. The largest absolute Gasteiger partial charge is 0.497 e. The van der Waals surface area contributed by atoms with Crippen molar-refractivity contribution in [3.63, 3.8) is 0 Å². The number of nitrogens with zero attached hydrogens (tertiary/aromatic N) is 1. The van der Waals surface area contributed by atoms with E-state index in [0.29, 0.717) is 33.9 Å². The zero-order valence-electron chi connectivity index (χ0n) is 16.3. The fraction of sp³-hybridized carbons (Fsp3) is 0.261. The summed E-state index contributed by atoms with van der Waals surface area (Å²) in [6.45, 7) is -0.391. The first-order chi connectivity index (χ1) is 14.1. The minimum Gasteiger partial charge on any atom is -0.497 e. The average molecular weight is 391 g/mol. The molecule has 1 heterocycles. The number of fused-ring (bicyclic) bond motifs is 1. The lowest BCUT2D eigenvalue weighted by Crippen LogP contribution is -2.16. The number of ether oxygens (including phenoxy) is 3. The van der Waals surface area contributed by atoms with Crippen LogP contribution in [0.3, 0.4) is 0 Å². The number of ketones is 1. The van der Waals surface area contributed by atoms with E-state index in [1.165, 1.54) is 14.2 Å². The highest BCUT2D eigenvalue weighted by atomic mass is 16.5. The van der Waals surface area contributed by atoms with Crippen molar-refractivity contribution in [3.05, 3.63) is 65.4 Å². The SMILES string of the molecule is COc1ccc(OC)c(C(=O)COC(=O)c2cc(C3CC3)nc3ccccc23)c1. The van der Waals surface area contributed by atoms with E-state index in [0.717, 1.165) is 24.1 Å². The summed E-state index contributed by atoms with van der Waals surface area (Å²) < 4.78 is 15.8. The number of methoxy groups -OCH3 is 2. The first kappa shape index (κ1) is 18.9. The van der Waals surface area contributed by atoms with Crippen molar-refractivity contribution in [2.45, 2.75) is 18.8 Å². The Morgan fingerprint density at radius 2 is 1.79 bits per heavy atom. The van der Waals surface area contributed by atoms with Crippen LogP contribution in [0.2, 0.25) is 0 Å². The maximum Gasteiger partial charge on any atom is 0.339 e. The van der Waals surface area contributed by atoms with Crippen molar-refractivity contribution in [1.82, 2.24) is 4.98 Å². The van der Waals surface area contributed by atoms with Gasteiger partial charge in [-0.25, -0.2) is 4.79 Å². The van der Waals surface area contributed by atoms with Gasteiger partial charge in [-0.15, -0.1) is 0 Å². The van der Waals surface area contributed by atoms with Crippen LogP contribution >= 0.6 is 0 Å². The van der Waals surface area contributed by atoms with E-state index in [2.05, 4.69) is 4.98 Å². The Kier molecular flexibility index (Phi) is 5.16. The predicted octanol–water partition coefficient (Wildman–Crippen LogP) is 4.17. The molecule has 2 aromatic carbocycles. The summed E-state index contributed by atoms with van der Waals surface area (Å²) in [6, 6.07) is 14.2. The molecule has 0 bridgehead atoms. The van der Waals surface area contributed by atoms with Crippen molar-refractivity contribution in [2.75, 3.05) is 20.8 Å². The number of esters is 1. The van der Waals surface area contributed by atoms with E-state index >= 15 is 0 Å². The Hall–Kier alpha value is -3.41.